The summed E-state index contributed by atoms with van der Waals surface area (Å²) in [6.07, 6.45) is 7.64. The highest BCUT2D eigenvalue weighted by Gasteiger charge is 2.43. The van der Waals surface area contributed by atoms with Crippen LogP contribution in [0, 0.1) is 0 Å². The first-order valence-corrected chi connectivity index (χ1v) is 11.8. The van der Waals surface area contributed by atoms with Crippen molar-refractivity contribution in [2.75, 3.05) is 26.2 Å². The van der Waals surface area contributed by atoms with E-state index < -0.39 is 5.91 Å². The second kappa shape index (κ2) is 9.32. The molecule has 2 aliphatic rings. The first-order valence-electron chi connectivity index (χ1n) is 11.8. The van der Waals surface area contributed by atoms with Gasteiger partial charge in [0.2, 0.25) is 5.91 Å². The maximum Gasteiger partial charge on any atom is 0.248 e. The van der Waals surface area contributed by atoms with E-state index in [1.807, 2.05) is 18.2 Å². The van der Waals surface area contributed by atoms with Crippen molar-refractivity contribution in [3.8, 4) is 17.1 Å². The third-order valence-electron chi connectivity index (χ3n) is 6.95. The van der Waals surface area contributed by atoms with Gasteiger partial charge in [-0.2, -0.15) is 0 Å². The Kier molecular flexibility index (Phi) is 6.09. The highest BCUT2D eigenvalue weighted by Crippen LogP contribution is 2.44. The van der Waals surface area contributed by atoms with Gasteiger partial charge >= 0.3 is 0 Å². The Morgan fingerprint density at radius 3 is 2.70 bits per heavy atom. The van der Waals surface area contributed by atoms with Crippen LogP contribution in [0.3, 0.4) is 0 Å². The zero-order valence-electron chi connectivity index (χ0n) is 18.9. The molecule has 1 aliphatic heterocycles. The number of nitrogens with two attached hydrogens (primary N) is 1. The van der Waals surface area contributed by atoms with Crippen LogP contribution in [0.5, 0.6) is 5.75 Å². The molecule has 1 saturated heterocycles. The summed E-state index contributed by atoms with van der Waals surface area (Å²) in [5, 5.41) is 0. The fraction of sp³-hybridized carbons (Fsp3) is 0.370. The van der Waals surface area contributed by atoms with Gasteiger partial charge in [0.1, 0.15) is 5.75 Å². The summed E-state index contributed by atoms with van der Waals surface area (Å²) in [6, 6.07) is 17.3. The third-order valence-corrected chi connectivity index (χ3v) is 6.95. The van der Waals surface area contributed by atoms with Gasteiger partial charge in [-0.05, 0) is 68.5 Å². The molecular weight excluding hydrogens is 412 g/mol. The van der Waals surface area contributed by atoms with Crippen molar-refractivity contribution in [1.82, 2.24) is 14.9 Å². The molecule has 6 nitrogen and oxygen atoms in total. The van der Waals surface area contributed by atoms with Crippen LogP contribution in [-0.2, 0) is 11.8 Å². The Labute approximate surface area is 194 Å². The summed E-state index contributed by atoms with van der Waals surface area (Å²) in [5.41, 5.74) is 9.60. The van der Waals surface area contributed by atoms with Gasteiger partial charge in [-0.3, -0.25) is 4.79 Å². The minimum Gasteiger partial charge on any atom is -0.494 e. The van der Waals surface area contributed by atoms with Crippen LogP contribution >= 0.6 is 0 Å². The molecule has 5 rings (SSSR count). The molecule has 1 unspecified atom stereocenters. The number of carbonyl (C=O) groups is 1. The van der Waals surface area contributed by atoms with Gasteiger partial charge in [0.25, 0.3) is 0 Å². The van der Waals surface area contributed by atoms with Crippen molar-refractivity contribution >= 4 is 5.91 Å². The molecule has 1 amide bonds. The highest BCUT2D eigenvalue weighted by molar-refractivity contribution is 5.92. The number of hydrogen-bond acceptors (Lipinski definition) is 5. The Bertz CT molecular complexity index is 1110. The smallest absolute Gasteiger partial charge is 0.248 e. The van der Waals surface area contributed by atoms with E-state index in [4.69, 9.17) is 15.5 Å². The molecular formula is C27H30N4O2. The average Bonchev–Trinajstić information content (AvgIpc) is 3.19. The zero-order valence-corrected chi connectivity index (χ0v) is 18.9. The molecule has 1 atom stereocenters. The van der Waals surface area contributed by atoms with Crippen molar-refractivity contribution < 1.29 is 9.53 Å². The van der Waals surface area contributed by atoms with Gasteiger partial charge in [-0.1, -0.05) is 30.3 Å². The number of benzene rings is 2. The normalized spacial score (nSPS) is 20.0. The van der Waals surface area contributed by atoms with Crippen LogP contribution in [0.2, 0.25) is 0 Å². The summed E-state index contributed by atoms with van der Waals surface area (Å²) in [7, 11) is 0. The lowest BCUT2D eigenvalue weighted by Crippen LogP contribution is -2.45. The van der Waals surface area contributed by atoms with E-state index in [-0.39, 0.29) is 5.41 Å². The molecule has 0 radical (unpaired) electrons. The van der Waals surface area contributed by atoms with Crippen molar-refractivity contribution in [3.05, 3.63) is 77.6 Å². The lowest BCUT2D eigenvalue weighted by Gasteiger charge is -2.40. The molecule has 2 N–H and O–H groups in total. The molecule has 6 heteroatoms. The molecule has 33 heavy (non-hydrogen) atoms. The van der Waals surface area contributed by atoms with Crippen LogP contribution in [-0.4, -0.2) is 47.0 Å². The van der Waals surface area contributed by atoms with Crippen LogP contribution in [0.25, 0.3) is 11.4 Å². The van der Waals surface area contributed by atoms with Gasteiger partial charge in [-0.25, -0.2) is 9.97 Å². The number of rotatable bonds is 7. The minimum atomic E-state index is -0.421. The van der Waals surface area contributed by atoms with Crippen molar-refractivity contribution in [2.24, 2.45) is 5.73 Å². The second-order valence-corrected chi connectivity index (χ2v) is 9.18. The predicted molar refractivity (Wildman–Crippen MR) is 128 cm³/mol. The molecule has 1 spiro atoms. The number of nitrogens with zero attached hydrogens (tertiary/aromatic N) is 3. The fourth-order valence-electron chi connectivity index (χ4n) is 5.28. The predicted octanol–water partition coefficient (Wildman–Crippen LogP) is 3.99. The second-order valence-electron chi connectivity index (χ2n) is 9.18. The Hall–Kier alpha value is -3.25. The standard InChI is InChI=1S/C27H30N4O2/c28-25(32)20-8-10-23(11-9-20)33-17-5-16-31-15-4-13-27(19-31)14-12-22-18-29-26(30-24(22)27)21-6-2-1-3-7-21/h1-3,6-11,18H,4-5,12-17,19H2,(H2,28,32). The van der Waals surface area contributed by atoms with Gasteiger partial charge in [0, 0.05) is 35.8 Å². The lowest BCUT2D eigenvalue weighted by atomic mass is 9.77. The van der Waals surface area contributed by atoms with Crippen molar-refractivity contribution in [1.29, 1.82) is 0 Å². The molecule has 2 aromatic carbocycles. The minimum absolute atomic E-state index is 0.144. The molecule has 2 heterocycles. The van der Waals surface area contributed by atoms with Gasteiger partial charge in [-0.15, -0.1) is 0 Å². The maximum absolute atomic E-state index is 11.2. The molecule has 1 aromatic heterocycles. The van der Waals surface area contributed by atoms with E-state index in [1.165, 1.54) is 24.1 Å². The summed E-state index contributed by atoms with van der Waals surface area (Å²) in [4.78, 5) is 23.5. The number of primary amides is 1. The molecule has 3 aromatic rings. The zero-order chi connectivity index (χ0) is 22.7. The largest absolute Gasteiger partial charge is 0.494 e. The number of fused-ring (bicyclic) bond motifs is 2. The summed E-state index contributed by atoms with van der Waals surface area (Å²) in [6.45, 7) is 3.84. The van der Waals surface area contributed by atoms with E-state index in [1.54, 1.807) is 24.3 Å². The Morgan fingerprint density at radius 2 is 1.91 bits per heavy atom. The number of hydrogen-bond donors (Lipinski definition) is 1. The number of aromatic nitrogens is 2. The SMILES string of the molecule is NC(=O)c1ccc(OCCCN2CCCC3(CCc4cnc(-c5ccccc5)nc43)C2)cc1. The van der Waals surface area contributed by atoms with Gasteiger partial charge in [0.05, 0.1) is 12.3 Å². The van der Waals surface area contributed by atoms with Crippen LogP contribution in [0.15, 0.2) is 60.8 Å². The summed E-state index contributed by atoms with van der Waals surface area (Å²) < 4.78 is 5.87. The van der Waals surface area contributed by atoms with E-state index in [0.29, 0.717) is 12.2 Å². The van der Waals surface area contributed by atoms with Crippen LogP contribution in [0.1, 0.15) is 47.3 Å². The molecule has 0 bridgehead atoms. The molecule has 0 saturated carbocycles. The molecule has 170 valence electrons. The van der Waals surface area contributed by atoms with E-state index in [0.717, 1.165) is 56.0 Å². The third kappa shape index (κ3) is 4.62. The molecule has 1 fully saturated rings. The number of carbonyl (C=O) groups excluding carboxylic acids is 1. The lowest BCUT2D eigenvalue weighted by molar-refractivity contribution is 0.1000. The number of aryl methyl sites for hydroxylation is 1. The quantitative estimate of drug-likeness (QED) is 0.560. The summed E-state index contributed by atoms with van der Waals surface area (Å²) in [5.74, 6) is 1.18. The average molecular weight is 443 g/mol. The van der Waals surface area contributed by atoms with E-state index in [9.17, 15) is 4.79 Å². The Morgan fingerprint density at radius 1 is 1.09 bits per heavy atom. The highest BCUT2D eigenvalue weighted by atomic mass is 16.5. The van der Waals surface area contributed by atoms with E-state index in [2.05, 4.69) is 28.2 Å². The molecule has 1 aliphatic carbocycles. The Balaban J connectivity index is 1.20. The first kappa shape index (κ1) is 21.6. The van der Waals surface area contributed by atoms with Crippen LogP contribution in [0.4, 0.5) is 0 Å². The van der Waals surface area contributed by atoms with Crippen LogP contribution < -0.4 is 10.5 Å². The number of amides is 1. The van der Waals surface area contributed by atoms with E-state index >= 15 is 0 Å². The monoisotopic (exact) mass is 442 g/mol. The first-order chi connectivity index (χ1) is 16.1. The van der Waals surface area contributed by atoms with Gasteiger partial charge < -0.3 is 15.4 Å². The van der Waals surface area contributed by atoms with Gasteiger partial charge in [0.15, 0.2) is 5.82 Å². The van der Waals surface area contributed by atoms with Crippen molar-refractivity contribution in [2.45, 2.75) is 37.5 Å². The summed E-state index contributed by atoms with van der Waals surface area (Å²) >= 11 is 0. The fourth-order valence-corrected chi connectivity index (χ4v) is 5.28. The maximum atomic E-state index is 11.2. The number of ether oxygens (including phenoxy) is 1. The number of likely N-dealkylation sites (tertiary alicyclic amines) is 1. The van der Waals surface area contributed by atoms with Crippen molar-refractivity contribution in [3.63, 3.8) is 0 Å². The number of piperidine rings is 1. The topological polar surface area (TPSA) is 81.3 Å².